The molecule has 0 bridgehead atoms. The van der Waals surface area contributed by atoms with Crippen molar-refractivity contribution in [2.75, 3.05) is 33.2 Å². The van der Waals surface area contributed by atoms with Gasteiger partial charge < -0.3 is 15.5 Å². The molecule has 0 aliphatic carbocycles. The first-order valence-electron chi connectivity index (χ1n) is 5.93. The quantitative estimate of drug-likeness (QED) is 0.694. The fourth-order valence-corrected chi connectivity index (χ4v) is 1.76. The molecular weight excluding hydrogens is 242 g/mol. The van der Waals surface area contributed by atoms with Gasteiger partial charge in [-0.25, -0.2) is 0 Å². The van der Waals surface area contributed by atoms with Gasteiger partial charge in [-0.2, -0.15) is 0 Å². The van der Waals surface area contributed by atoms with Gasteiger partial charge in [-0.3, -0.25) is 9.59 Å². The smallest absolute Gasteiger partial charge is 0.239 e. The monoisotopic (exact) mass is 263 g/mol. The average Bonchev–Trinajstić information content (AvgIpc) is 2.45. The van der Waals surface area contributed by atoms with Gasteiger partial charge >= 0.3 is 0 Å². The normalized spacial score (nSPS) is 16.1. The van der Waals surface area contributed by atoms with Crippen molar-refractivity contribution in [2.45, 2.75) is 25.7 Å². The number of hydrogen-bond donors (Lipinski definition) is 2. The van der Waals surface area contributed by atoms with Crippen molar-refractivity contribution in [1.29, 1.82) is 0 Å². The van der Waals surface area contributed by atoms with Gasteiger partial charge in [0.1, 0.15) is 0 Å². The zero-order valence-electron chi connectivity index (χ0n) is 10.3. The maximum atomic E-state index is 11.6. The molecule has 5 nitrogen and oxygen atoms in total. The second-order valence-corrected chi connectivity index (χ2v) is 4.08. The summed E-state index contributed by atoms with van der Waals surface area (Å²) in [4.78, 5) is 24.8. The van der Waals surface area contributed by atoms with Crippen LogP contribution in [-0.4, -0.2) is 49.9 Å². The van der Waals surface area contributed by atoms with Gasteiger partial charge in [0, 0.05) is 26.1 Å². The Labute approximate surface area is 109 Å². The lowest BCUT2D eigenvalue weighted by Crippen LogP contribution is -2.41. The van der Waals surface area contributed by atoms with Gasteiger partial charge in [0.25, 0.3) is 0 Å². The standard InChI is InChI=1S/C11H21N3O2.ClH/c1-12-6-7-13-10(15)9-14-8-4-2-3-5-11(14)16;/h12H,2-9H2,1H3,(H,13,15);1H. The van der Waals surface area contributed by atoms with Gasteiger partial charge in [-0.15, -0.1) is 12.4 Å². The molecule has 0 aromatic carbocycles. The molecule has 0 aromatic rings. The Morgan fingerprint density at radius 3 is 2.76 bits per heavy atom. The number of likely N-dealkylation sites (N-methyl/N-ethyl adjacent to an activating group) is 1. The molecule has 1 saturated heterocycles. The number of nitrogens with one attached hydrogen (secondary N) is 2. The van der Waals surface area contributed by atoms with E-state index in [0.717, 1.165) is 32.4 Å². The SMILES string of the molecule is CNCCNC(=O)CN1CCCCCC1=O.Cl. The molecule has 17 heavy (non-hydrogen) atoms. The summed E-state index contributed by atoms with van der Waals surface area (Å²) in [6.07, 6.45) is 3.64. The Morgan fingerprint density at radius 1 is 1.29 bits per heavy atom. The number of likely N-dealkylation sites (tertiary alicyclic amines) is 1. The van der Waals surface area contributed by atoms with E-state index in [2.05, 4.69) is 10.6 Å². The molecule has 1 heterocycles. The topological polar surface area (TPSA) is 61.4 Å². The highest BCUT2D eigenvalue weighted by Gasteiger charge is 2.18. The molecule has 100 valence electrons. The highest BCUT2D eigenvalue weighted by Crippen LogP contribution is 2.10. The van der Waals surface area contributed by atoms with Crippen LogP contribution in [0, 0.1) is 0 Å². The Kier molecular flexibility index (Phi) is 8.80. The molecule has 2 amide bonds. The van der Waals surface area contributed by atoms with Crippen molar-refractivity contribution in [3.05, 3.63) is 0 Å². The van der Waals surface area contributed by atoms with E-state index in [0.29, 0.717) is 13.0 Å². The first kappa shape index (κ1) is 16.2. The van der Waals surface area contributed by atoms with E-state index in [-0.39, 0.29) is 30.8 Å². The zero-order chi connectivity index (χ0) is 11.8. The summed E-state index contributed by atoms with van der Waals surface area (Å²) in [6, 6.07) is 0. The first-order valence-corrected chi connectivity index (χ1v) is 5.93. The molecule has 0 spiro atoms. The second-order valence-electron chi connectivity index (χ2n) is 4.08. The van der Waals surface area contributed by atoms with E-state index in [9.17, 15) is 9.59 Å². The molecule has 2 N–H and O–H groups in total. The fraction of sp³-hybridized carbons (Fsp3) is 0.818. The lowest BCUT2D eigenvalue weighted by molar-refractivity contribution is -0.135. The number of halogens is 1. The van der Waals surface area contributed by atoms with Crippen molar-refractivity contribution in [1.82, 2.24) is 15.5 Å². The third kappa shape index (κ3) is 6.48. The minimum absolute atomic E-state index is 0. The van der Waals surface area contributed by atoms with Crippen molar-refractivity contribution in [3.8, 4) is 0 Å². The number of amides is 2. The summed E-state index contributed by atoms with van der Waals surface area (Å²) in [5.74, 6) is 0.0479. The Hall–Kier alpha value is -0.810. The van der Waals surface area contributed by atoms with E-state index in [1.807, 2.05) is 7.05 Å². The highest BCUT2D eigenvalue weighted by molar-refractivity contribution is 5.85. The summed E-state index contributed by atoms with van der Waals surface area (Å²) in [7, 11) is 1.84. The molecule has 0 unspecified atom stereocenters. The summed E-state index contributed by atoms with van der Waals surface area (Å²) in [5, 5.41) is 5.73. The van der Waals surface area contributed by atoms with E-state index in [1.54, 1.807) is 4.90 Å². The van der Waals surface area contributed by atoms with Crippen molar-refractivity contribution in [2.24, 2.45) is 0 Å². The van der Waals surface area contributed by atoms with Crippen molar-refractivity contribution >= 4 is 24.2 Å². The predicted octanol–water partition coefficient (Wildman–Crippen LogP) is 0.146. The fourth-order valence-electron chi connectivity index (χ4n) is 1.76. The van der Waals surface area contributed by atoms with Gasteiger partial charge in [0.15, 0.2) is 0 Å². The molecule has 0 aromatic heterocycles. The first-order chi connectivity index (χ1) is 7.74. The summed E-state index contributed by atoms with van der Waals surface area (Å²) in [6.45, 7) is 2.29. The molecule has 0 saturated carbocycles. The molecule has 1 rings (SSSR count). The molecule has 0 radical (unpaired) electrons. The Balaban J connectivity index is 0.00000256. The molecular formula is C11H22ClN3O2. The van der Waals surface area contributed by atoms with Gasteiger partial charge in [0.05, 0.1) is 6.54 Å². The minimum atomic E-state index is -0.0644. The molecule has 0 atom stereocenters. The average molecular weight is 264 g/mol. The van der Waals surface area contributed by atoms with Gasteiger partial charge in [-0.1, -0.05) is 6.42 Å². The second kappa shape index (κ2) is 9.24. The van der Waals surface area contributed by atoms with Crippen LogP contribution in [0.1, 0.15) is 25.7 Å². The molecule has 1 aliphatic heterocycles. The van der Waals surface area contributed by atoms with E-state index < -0.39 is 0 Å². The van der Waals surface area contributed by atoms with Gasteiger partial charge in [-0.05, 0) is 19.9 Å². The van der Waals surface area contributed by atoms with Crippen LogP contribution >= 0.6 is 12.4 Å². The van der Waals surface area contributed by atoms with Gasteiger partial charge in [0.2, 0.25) is 11.8 Å². The van der Waals surface area contributed by atoms with Crippen LogP contribution in [0.15, 0.2) is 0 Å². The number of carbonyl (C=O) groups is 2. The van der Waals surface area contributed by atoms with Crippen molar-refractivity contribution in [3.63, 3.8) is 0 Å². The number of hydrogen-bond acceptors (Lipinski definition) is 3. The van der Waals surface area contributed by atoms with Crippen LogP contribution < -0.4 is 10.6 Å². The van der Waals surface area contributed by atoms with Crippen LogP contribution in [0.5, 0.6) is 0 Å². The summed E-state index contributed by atoms with van der Waals surface area (Å²) < 4.78 is 0. The lowest BCUT2D eigenvalue weighted by Gasteiger charge is -2.19. The van der Waals surface area contributed by atoms with Crippen LogP contribution in [0.3, 0.4) is 0 Å². The minimum Gasteiger partial charge on any atom is -0.353 e. The number of nitrogens with zero attached hydrogens (tertiary/aromatic N) is 1. The summed E-state index contributed by atoms with van der Waals surface area (Å²) >= 11 is 0. The van der Waals surface area contributed by atoms with E-state index >= 15 is 0 Å². The van der Waals surface area contributed by atoms with Crippen LogP contribution in [0.2, 0.25) is 0 Å². The Bertz CT molecular complexity index is 249. The van der Waals surface area contributed by atoms with Crippen LogP contribution in [0.25, 0.3) is 0 Å². The highest BCUT2D eigenvalue weighted by atomic mass is 35.5. The molecule has 1 fully saturated rings. The van der Waals surface area contributed by atoms with E-state index in [4.69, 9.17) is 0 Å². The van der Waals surface area contributed by atoms with Crippen LogP contribution in [0.4, 0.5) is 0 Å². The maximum absolute atomic E-state index is 11.6. The third-order valence-electron chi connectivity index (χ3n) is 2.70. The summed E-state index contributed by atoms with van der Waals surface area (Å²) in [5.41, 5.74) is 0. The molecule has 1 aliphatic rings. The number of carbonyl (C=O) groups excluding carboxylic acids is 2. The van der Waals surface area contributed by atoms with E-state index in [1.165, 1.54) is 0 Å². The molecule has 6 heteroatoms. The van der Waals surface area contributed by atoms with Crippen molar-refractivity contribution < 1.29 is 9.59 Å². The zero-order valence-corrected chi connectivity index (χ0v) is 11.1. The number of rotatable bonds is 5. The Morgan fingerprint density at radius 2 is 2.06 bits per heavy atom. The third-order valence-corrected chi connectivity index (χ3v) is 2.70. The van der Waals surface area contributed by atoms with Crippen LogP contribution in [-0.2, 0) is 9.59 Å². The largest absolute Gasteiger partial charge is 0.353 e. The predicted molar refractivity (Wildman–Crippen MR) is 69.2 cm³/mol. The maximum Gasteiger partial charge on any atom is 0.239 e. The lowest BCUT2D eigenvalue weighted by atomic mass is 10.2.